The lowest BCUT2D eigenvalue weighted by atomic mass is 10.2. The smallest absolute Gasteiger partial charge is 0.234 e. The van der Waals surface area contributed by atoms with Crippen LogP contribution in [0.4, 0.5) is 5.69 Å². The summed E-state index contributed by atoms with van der Waals surface area (Å²) in [6.45, 7) is 2.02. The minimum Gasteiger partial charge on any atom is -0.369 e. The first kappa shape index (κ1) is 16.6. The van der Waals surface area contributed by atoms with E-state index in [1.54, 1.807) is 0 Å². The van der Waals surface area contributed by atoms with Crippen molar-refractivity contribution in [1.29, 1.82) is 0 Å². The number of carbonyl (C=O) groups excluding carboxylic acids is 2. The summed E-state index contributed by atoms with van der Waals surface area (Å²) in [5.74, 6) is -0.218. The van der Waals surface area contributed by atoms with Gasteiger partial charge >= 0.3 is 0 Å². The van der Waals surface area contributed by atoms with Crippen LogP contribution in [0.25, 0.3) is 0 Å². The molecule has 0 spiro atoms. The van der Waals surface area contributed by atoms with E-state index in [4.69, 9.17) is 0 Å². The topological polar surface area (TPSA) is 72.2 Å². The fraction of sp³-hybridized carbons (Fsp3) is 0.273. The minimum absolute atomic E-state index is 0.0412. The first-order valence-corrected chi connectivity index (χ1v) is 7.81. The van der Waals surface area contributed by atoms with E-state index in [2.05, 4.69) is 11.1 Å². The predicted molar refractivity (Wildman–Crippen MR) is 86.8 cm³/mol. The lowest BCUT2D eigenvalue weighted by Gasteiger charge is -2.02. The Balaban J connectivity index is 0.000000437. The SMILES string of the molecule is Cc1ccc(NC(=O)CI)cc1.NC(=O)CI. The molecular weight excluding hydrogens is 446 g/mol. The average Bonchev–Trinajstić information content (AvgIpc) is 2.32. The highest BCUT2D eigenvalue weighted by molar-refractivity contribution is 14.1. The van der Waals surface area contributed by atoms with Gasteiger partial charge in [-0.2, -0.15) is 0 Å². The number of aryl methyl sites for hydroxylation is 1. The monoisotopic (exact) mass is 460 g/mol. The van der Waals surface area contributed by atoms with Crippen LogP contribution < -0.4 is 11.1 Å². The fourth-order valence-corrected chi connectivity index (χ4v) is 1.02. The molecule has 0 aliphatic rings. The molecule has 0 atom stereocenters. The van der Waals surface area contributed by atoms with Crippen molar-refractivity contribution in [2.24, 2.45) is 5.73 Å². The molecule has 4 nitrogen and oxygen atoms in total. The van der Waals surface area contributed by atoms with Crippen molar-refractivity contribution in [3.63, 3.8) is 0 Å². The molecule has 0 heterocycles. The number of alkyl halides is 2. The molecule has 1 aromatic carbocycles. The van der Waals surface area contributed by atoms with Crippen LogP contribution in [0.2, 0.25) is 0 Å². The molecule has 0 saturated carbocycles. The second-order valence-electron chi connectivity index (χ2n) is 3.15. The van der Waals surface area contributed by atoms with E-state index >= 15 is 0 Å². The standard InChI is InChI=1S/C9H10INO.C2H4INO/c1-7-2-4-8(5-3-7)11-9(12)6-10;3-1-2(4)5/h2-5H,6H2,1H3,(H,11,12);1H2,(H2,4,5). The normalized spacial score (nSPS) is 8.88. The molecule has 0 aliphatic carbocycles. The third kappa shape index (κ3) is 9.33. The summed E-state index contributed by atoms with van der Waals surface area (Å²) in [7, 11) is 0. The molecule has 0 bridgehead atoms. The second-order valence-corrected chi connectivity index (χ2v) is 4.67. The number of hydrogen-bond donors (Lipinski definition) is 2. The van der Waals surface area contributed by atoms with Crippen molar-refractivity contribution in [3.8, 4) is 0 Å². The molecule has 2 amide bonds. The third-order valence-electron chi connectivity index (χ3n) is 1.59. The average molecular weight is 460 g/mol. The van der Waals surface area contributed by atoms with Gasteiger partial charge < -0.3 is 11.1 Å². The molecule has 17 heavy (non-hydrogen) atoms. The Kier molecular flexibility index (Phi) is 9.41. The molecule has 6 heteroatoms. The summed E-state index contributed by atoms with van der Waals surface area (Å²) >= 11 is 3.94. The Morgan fingerprint density at radius 3 is 2.00 bits per heavy atom. The zero-order valence-electron chi connectivity index (χ0n) is 9.37. The van der Waals surface area contributed by atoms with Gasteiger partial charge in [-0.15, -0.1) is 0 Å². The Morgan fingerprint density at radius 1 is 1.18 bits per heavy atom. The molecule has 0 fully saturated rings. The van der Waals surface area contributed by atoms with Crippen LogP contribution in [0.5, 0.6) is 0 Å². The molecule has 3 N–H and O–H groups in total. The van der Waals surface area contributed by atoms with Crippen LogP contribution in [0.15, 0.2) is 24.3 Å². The van der Waals surface area contributed by atoms with E-state index in [1.807, 2.05) is 76.4 Å². The van der Waals surface area contributed by atoms with Gasteiger partial charge in [-0.3, -0.25) is 9.59 Å². The van der Waals surface area contributed by atoms with Crippen molar-refractivity contribution >= 4 is 62.7 Å². The van der Waals surface area contributed by atoms with Crippen LogP contribution in [-0.2, 0) is 9.59 Å². The maximum atomic E-state index is 10.9. The molecule has 1 rings (SSSR count). The summed E-state index contributed by atoms with van der Waals surface area (Å²) < 4.78 is 0.906. The number of anilines is 1. The molecule has 0 saturated heterocycles. The van der Waals surface area contributed by atoms with Crippen molar-refractivity contribution < 1.29 is 9.59 Å². The lowest BCUT2D eigenvalue weighted by molar-refractivity contribution is -0.115. The molecule has 0 radical (unpaired) electrons. The summed E-state index contributed by atoms with van der Waals surface area (Å²) in [6.07, 6.45) is 0. The van der Waals surface area contributed by atoms with Gasteiger partial charge in [-0.1, -0.05) is 62.9 Å². The number of halogens is 2. The Hall–Kier alpha value is -0.380. The summed E-state index contributed by atoms with van der Waals surface area (Å²) in [5.41, 5.74) is 6.71. The summed E-state index contributed by atoms with van der Waals surface area (Å²) in [6, 6.07) is 7.75. The highest BCUT2D eigenvalue weighted by atomic mass is 127. The Bertz CT molecular complexity index is 366. The van der Waals surface area contributed by atoms with Gasteiger partial charge in [-0.25, -0.2) is 0 Å². The van der Waals surface area contributed by atoms with Crippen molar-refractivity contribution in [2.75, 3.05) is 14.2 Å². The highest BCUT2D eigenvalue weighted by Crippen LogP contribution is 2.08. The van der Waals surface area contributed by atoms with Crippen molar-refractivity contribution in [1.82, 2.24) is 0 Å². The molecular formula is C11H14I2N2O2. The lowest BCUT2D eigenvalue weighted by Crippen LogP contribution is -2.11. The van der Waals surface area contributed by atoms with Gasteiger partial charge in [0.15, 0.2) is 0 Å². The van der Waals surface area contributed by atoms with Gasteiger partial charge in [-0.05, 0) is 19.1 Å². The zero-order chi connectivity index (χ0) is 13.3. The van der Waals surface area contributed by atoms with Crippen LogP contribution in [0, 0.1) is 6.92 Å². The van der Waals surface area contributed by atoms with E-state index in [-0.39, 0.29) is 11.8 Å². The first-order valence-electron chi connectivity index (χ1n) is 4.76. The van der Waals surface area contributed by atoms with Crippen LogP contribution in [0.1, 0.15) is 5.56 Å². The van der Waals surface area contributed by atoms with E-state index in [0.29, 0.717) is 8.86 Å². The number of benzene rings is 1. The Labute approximate surface area is 128 Å². The summed E-state index contributed by atoms with van der Waals surface area (Å²) in [4.78, 5) is 20.5. The highest BCUT2D eigenvalue weighted by Gasteiger charge is 1.97. The minimum atomic E-state index is -0.259. The van der Waals surface area contributed by atoms with Crippen molar-refractivity contribution in [3.05, 3.63) is 29.8 Å². The second kappa shape index (κ2) is 9.63. The molecule has 1 aromatic rings. The van der Waals surface area contributed by atoms with Gasteiger partial charge in [0.2, 0.25) is 11.8 Å². The fourth-order valence-electron chi connectivity index (χ4n) is 0.831. The van der Waals surface area contributed by atoms with Crippen molar-refractivity contribution in [2.45, 2.75) is 6.92 Å². The largest absolute Gasteiger partial charge is 0.369 e. The maximum Gasteiger partial charge on any atom is 0.234 e. The van der Waals surface area contributed by atoms with Gasteiger partial charge in [0.05, 0.1) is 8.86 Å². The number of carbonyl (C=O) groups is 2. The quantitative estimate of drug-likeness (QED) is 0.537. The third-order valence-corrected chi connectivity index (χ3v) is 3.03. The number of nitrogens with two attached hydrogens (primary N) is 1. The van der Waals surface area contributed by atoms with E-state index in [1.165, 1.54) is 5.56 Å². The number of rotatable bonds is 3. The summed E-state index contributed by atoms with van der Waals surface area (Å²) in [5, 5.41) is 2.77. The number of hydrogen-bond acceptors (Lipinski definition) is 2. The zero-order valence-corrected chi connectivity index (χ0v) is 13.7. The Morgan fingerprint density at radius 2 is 1.65 bits per heavy atom. The first-order chi connectivity index (χ1) is 7.99. The number of nitrogens with one attached hydrogen (secondary N) is 1. The van der Waals surface area contributed by atoms with Crippen LogP contribution in [-0.4, -0.2) is 20.7 Å². The van der Waals surface area contributed by atoms with Gasteiger partial charge in [0.25, 0.3) is 0 Å². The van der Waals surface area contributed by atoms with Crippen LogP contribution >= 0.6 is 45.2 Å². The van der Waals surface area contributed by atoms with Gasteiger partial charge in [0.1, 0.15) is 0 Å². The molecule has 0 aliphatic heterocycles. The number of amides is 2. The van der Waals surface area contributed by atoms with E-state index in [9.17, 15) is 9.59 Å². The maximum absolute atomic E-state index is 10.9. The molecule has 0 unspecified atom stereocenters. The van der Waals surface area contributed by atoms with Gasteiger partial charge in [0, 0.05) is 5.69 Å². The van der Waals surface area contributed by atoms with E-state index in [0.717, 1.165) is 5.69 Å². The van der Waals surface area contributed by atoms with Crippen LogP contribution in [0.3, 0.4) is 0 Å². The number of primary amides is 1. The predicted octanol–water partition coefficient (Wildman–Crippen LogP) is 2.28. The van der Waals surface area contributed by atoms with E-state index < -0.39 is 0 Å². The molecule has 0 aromatic heterocycles. The molecule has 94 valence electrons.